The van der Waals surface area contributed by atoms with E-state index in [1.165, 1.54) is 0 Å². The SMILES string of the molecule is CC(/C=N/NC(=O)CCn1cnc2ccccc21)=C\c1ccccc1. The molecule has 1 heterocycles. The molecule has 0 fully saturated rings. The molecule has 0 atom stereocenters. The summed E-state index contributed by atoms with van der Waals surface area (Å²) in [4.78, 5) is 16.3. The number of amides is 1. The fraction of sp³-hybridized carbons (Fsp3) is 0.150. The second-order valence-electron chi connectivity index (χ2n) is 5.77. The van der Waals surface area contributed by atoms with Crippen LogP contribution in [0.4, 0.5) is 0 Å². The summed E-state index contributed by atoms with van der Waals surface area (Å²) in [7, 11) is 0. The first-order valence-corrected chi connectivity index (χ1v) is 8.17. The average molecular weight is 332 g/mol. The number of carbonyl (C=O) groups excluding carboxylic acids is 1. The van der Waals surface area contributed by atoms with Gasteiger partial charge in [-0.15, -0.1) is 0 Å². The molecule has 126 valence electrons. The molecular formula is C20H20N4O. The molecule has 0 radical (unpaired) electrons. The Morgan fingerprint density at radius 3 is 2.76 bits per heavy atom. The van der Waals surface area contributed by atoms with Crippen LogP contribution in [0.15, 0.2) is 71.6 Å². The molecule has 0 aliphatic rings. The van der Waals surface area contributed by atoms with Crippen molar-refractivity contribution in [1.29, 1.82) is 0 Å². The van der Waals surface area contributed by atoms with Crippen molar-refractivity contribution in [3.63, 3.8) is 0 Å². The number of imidazole rings is 1. The van der Waals surface area contributed by atoms with Gasteiger partial charge in [-0.25, -0.2) is 10.4 Å². The fourth-order valence-corrected chi connectivity index (χ4v) is 2.52. The van der Waals surface area contributed by atoms with Crippen molar-refractivity contribution in [2.24, 2.45) is 5.10 Å². The van der Waals surface area contributed by atoms with E-state index in [0.29, 0.717) is 13.0 Å². The zero-order chi connectivity index (χ0) is 17.5. The van der Waals surface area contributed by atoms with Gasteiger partial charge in [0.05, 0.1) is 23.6 Å². The molecule has 25 heavy (non-hydrogen) atoms. The number of hydrazone groups is 1. The van der Waals surface area contributed by atoms with Gasteiger partial charge in [0.2, 0.25) is 5.91 Å². The molecule has 1 N–H and O–H groups in total. The van der Waals surface area contributed by atoms with Gasteiger partial charge in [0.25, 0.3) is 0 Å². The third kappa shape index (κ3) is 4.64. The summed E-state index contributed by atoms with van der Waals surface area (Å²) < 4.78 is 1.97. The molecule has 0 aliphatic heterocycles. The van der Waals surface area contributed by atoms with Gasteiger partial charge in [-0.2, -0.15) is 5.10 Å². The molecule has 0 saturated heterocycles. The Morgan fingerprint density at radius 2 is 1.92 bits per heavy atom. The van der Waals surface area contributed by atoms with Crippen LogP contribution >= 0.6 is 0 Å². The molecule has 0 saturated carbocycles. The Balaban J connectivity index is 1.50. The van der Waals surface area contributed by atoms with Crippen LogP contribution in [0.25, 0.3) is 17.1 Å². The minimum Gasteiger partial charge on any atom is -0.330 e. The average Bonchev–Trinajstić information content (AvgIpc) is 3.04. The van der Waals surface area contributed by atoms with Crippen molar-refractivity contribution in [3.05, 3.63) is 72.1 Å². The van der Waals surface area contributed by atoms with Gasteiger partial charge in [-0.1, -0.05) is 48.5 Å². The highest BCUT2D eigenvalue weighted by atomic mass is 16.2. The van der Waals surface area contributed by atoms with Gasteiger partial charge in [0.1, 0.15) is 0 Å². The number of rotatable bonds is 6. The third-order valence-electron chi connectivity index (χ3n) is 3.76. The largest absolute Gasteiger partial charge is 0.330 e. The van der Waals surface area contributed by atoms with E-state index in [2.05, 4.69) is 15.5 Å². The third-order valence-corrected chi connectivity index (χ3v) is 3.76. The predicted molar refractivity (Wildman–Crippen MR) is 101 cm³/mol. The first-order valence-electron chi connectivity index (χ1n) is 8.17. The summed E-state index contributed by atoms with van der Waals surface area (Å²) in [6.07, 6.45) is 5.76. The topological polar surface area (TPSA) is 59.3 Å². The van der Waals surface area contributed by atoms with Crippen molar-refractivity contribution in [1.82, 2.24) is 15.0 Å². The molecule has 1 aromatic heterocycles. The number of hydrogen-bond acceptors (Lipinski definition) is 3. The minimum atomic E-state index is -0.124. The maximum atomic E-state index is 11.9. The zero-order valence-electron chi connectivity index (χ0n) is 14.1. The number of para-hydroxylation sites is 2. The van der Waals surface area contributed by atoms with Crippen LogP contribution in [-0.2, 0) is 11.3 Å². The number of benzene rings is 2. The number of fused-ring (bicyclic) bond motifs is 1. The lowest BCUT2D eigenvalue weighted by Gasteiger charge is -2.03. The Morgan fingerprint density at radius 1 is 1.16 bits per heavy atom. The van der Waals surface area contributed by atoms with Gasteiger partial charge in [0, 0.05) is 13.0 Å². The van der Waals surface area contributed by atoms with E-state index in [1.54, 1.807) is 12.5 Å². The summed E-state index contributed by atoms with van der Waals surface area (Å²) in [6.45, 7) is 2.51. The molecular weight excluding hydrogens is 312 g/mol. The number of aryl methyl sites for hydroxylation is 1. The van der Waals surface area contributed by atoms with E-state index < -0.39 is 0 Å². The Bertz CT molecular complexity index is 910. The maximum Gasteiger partial charge on any atom is 0.241 e. The Kier molecular flexibility index (Phi) is 5.36. The Labute approximate surface area is 146 Å². The van der Waals surface area contributed by atoms with Crippen molar-refractivity contribution in [2.45, 2.75) is 19.9 Å². The number of aromatic nitrogens is 2. The smallest absolute Gasteiger partial charge is 0.241 e. The lowest BCUT2D eigenvalue weighted by atomic mass is 10.1. The van der Waals surface area contributed by atoms with Gasteiger partial charge in [-0.3, -0.25) is 4.79 Å². The van der Waals surface area contributed by atoms with Gasteiger partial charge >= 0.3 is 0 Å². The Hall–Kier alpha value is -3.21. The maximum absolute atomic E-state index is 11.9. The van der Waals surface area contributed by atoms with Gasteiger partial charge in [-0.05, 0) is 30.2 Å². The zero-order valence-corrected chi connectivity index (χ0v) is 14.1. The number of carbonyl (C=O) groups is 1. The summed E-state index contributed by atoms with van der Waals surface area (Å²) in [6, 6.07) is 17.9. The predicted octanol–water partition coefficient (Wildman–Crippen LogP) is 3.63. The molecule has 0 aliphatic carbocycles. The normalized spacial score (nSPS) is 12.0. The number of nitrogens with zero attached hydrogens (tertiary/aromatic N) is 3. The molecule has 0 unspecified atom stereocenters. The molecule has 5 nitrogen and oxygen atoms in total. The van der Waals surface area contributed by atoms with Crippen LogP contribution in [-0.4, -0.2) is 21.7 Å². The fourth-order valence-electron chi connectivity index (χ4n) is 2.52. The second kappa shape index (κ2) is 8.06. The minimum absolute atomic E-state index is 0.124. The van der Waals surface area contributed by atoms with E-state index in [0.717, 1.165) is 22.2 Å². The number of nitrogens with one attached hydrogen (secondary N) is 1. The molecule has 5 heteroatoms. The van der Waals surface area contributed by atoms with Crippen LogP contribution in [0, 0.1) is 0 Å². The molecule has 3 rings (SSSR count). The second-order valence-corrected chi connectivity index (χ2v) is 5.77. The summed E-state index contributed by atoms with van der Waals surface area (Å²) in [5.41, 5.74) is 6.59. The first-order chi connectivity index (χ1) is 12.2. The van der Waals surface area contributed by atoms with E-state index in [9.17, 15) is 4.79 Å². The molecule has 0 bridgehead atoms. The first kappa shape index (κ1) is 16.6. The van der Waals surface area contributed by atoms with Crippen molar-refractivity contribution in [2.75, 3.05) is 0 Å². The van der Waals surface area contributed by atoms with Gasteiger partial charge in [0.15, 0.2) is 0 Å². The molecule has 1 amide bonds. The van der Waals surface area contributed by atoms with Gasteiger partial charge < -0.3 is 4.57 Å². The summed E-state index contributed by atoms with van der Waals surface area (Å²) in [5.74, 6) is -0.124. The monoisotopic (exact) mass is 332 g/mol. The highest BCUT2D eigenvalue weighted by molar-refractivity contribution is 5.86. The van der Waals surface area contributed by atoms with E-state index in [4.69, 9.17) is 0 Å². The molecule has 3 aromatic rings. The lowest BCUT2D eigenvalue weighted by Crippen LogP contribution is -2.19. The van der Waals surface area contributed by atoms with Crippen molar-refractivity contribution in [3.8, 4) is 0 Å². The van der Waals surface area contributed by atoms with Crippen LogP contribution < -0.4 is 5.43 Å². The summed E-state index contributed by atoms with van der Waals surface area (Å²) >= 11 is 0. The quantitative estimate of drug-likeness (QED) is 0.553. The van der Waals surface area contributed by atoms with Crippen LogP contribution in [0.5, 0.6) is 0 Å². The molecule has 2 aromatic carbocycles. The van der Waals surface area contributed by atoms with E-state index in [1.807, 2.05) is 72.2 Å². The van der Waals surface area contributed by atoms with E-state index >= 15 is 0 Å². The number of allylic oxidation sites excluding steroid dienone is 1. The molecule has 0 spiro atoms. The van der Waals surface area contributed by atoms with Crippen LogP contribution in [0.2, 0.25) is 0 Å². The standard InChI is InChI=1S/C20H20N4O/c1-16(13-17-7-3-2-4-8-17)14-22-23-20(25)11-12-24-15-21-18-9-5-6-10-19(18)24/h2-10,13-15H,11-12H2,1H3,(H,23,25)/b16-13+,22-14+. The van der Waals surface area contributed by atoms with E-state index in [-0.39, 0.29) is 5.91 Å². The number of hydrogen-bond donors (Lipinski definition) is 1. The lowest BCUT2D eigenvalue weighted by molar-refractivity contribution is -0.121. The highest BCUT2D eigenvalue weighted by Gasteiger charge is 2.04. The summed E-state index contributed by atoms with van der Waals surface area (Å²) in [5, 5.41) is 4.01. The highest BCUT2D eigenvalue weighted by Crippen LogP contribution is 2.12. The van der Waals surface area contributed by atoms with Crippen molar-refractivity contribution < 1.29 is 4.79 Å². The van der Waals surface area contributed by atoms with Crippen LogP contribution in [0.1, 0.15) is 18.9 Å². The van der Waals surface area contributed by atoms with Crippen LogP contribution in [0.3, 0.4) is 0 Å². The van der Waals surface area contributed by atoms with Crippen molar-refractivity contribution >= 4 is 29.2 Å².